The van der Waals surface area contributed by atoms with Crippen molar-refractivity contribution in [2.45, 2.75) is 19.3 Å². The van der Waals surface area contributed by atoms with Crippen LogP contribution in [0.5, 0.6) is 0 Å². The summed E-state index contributed by atoms with van der Waals surface area (Å²) in [6, 6.07) is 5.04. The van der Waals surface area contributed by atoms with Gasteiger partial charge in [0.15, 0.2) is 5.69 Å². The molecule has 0 atom stereocenters. The number of rotatable bonds is 4. The molecule has 0 aliphatic carbocycles. The molecule has 21 heavy (non-hydrogen) atoms. The monoisotopic (exact) mass is 302 g/mol. The van der Waals surface area contributed by atoms with E-state index in [9.17, 15) is 23.3 Å². The number of alkyl halides is 3. The molecule has 0 aliphatic rings. The Morgan fingerprint density at radius 2 is 1.90 bits per heavy atom. The summed E-state index contributed by atoms with van der Waals surface area (Å²) < 4.78 is 39.3. The summed E-state index contributed by atoms with van der Waals surface area (Å²) >= 11 is 0. The van der Waals surface area contributed by atoms with E-state index < -0.39 is 29.1 Å². The lowest BCUT2D eigenvalue weighted by molar-refractivity contribution is -0.384. The van der Waals surface area contributed by atoms with E-state index in [1.54, 1.807) is 0 Å². The van der Waals surface area contributed by atoms with E-state index in [2.05, 4.69) is 10.3 Å². The lowest BCUT2D eigenvalue weighted by atomic mass is 10.2. The van der Waals surface area contributed by atoms with Crippen LogP contribution < -0.4 is 0 Å². The van der Waals surface area contributed by atoms with E-state index in [4.69, 9.17) is 5.11 Å². The number of nitro benzene ring substituents is 1. The van der Waals surface area contributed by atoms with Crippen LogP contribution in [-0.4, -0.2) is 25.0 Å². The molecule has 0 bridgehead atoms. The number of nitro groups is 1. The summed E-state index contributed by atoms with van der Waals surface area (Å²) in [7, 11) is 0. The number of non-ortho nitro benzene ring substituents is 1. The van der Waals surface area contributed by atoms with Crippen molar-refractivity contribution >= 4 is 5.69 Å². The minimum Gasteiger partial charge on any atom is -0.390 e. The molecule has 0 amide bonds. The van der Waals surface area contributed by atoms with Crippen LogP contribution in [0.25, 0.3) is 0 Å². The van der Waals surface area contributed by atoms with Crippen LogP contribution in [0.4, 0.5) is 18.9 Å². The first kappa shape index (κ1) is 14.9. The predicted octanol–water partition coefficient (Wildman–Crippen LogP) is 1.75. The first-order valence-corrected chi connectivity index (χ1v) is 5.66. The fraction of sp³-hybridized carbons (Fsp3) is 0.273. The van der Waals surface area contributed by atoms with Gasteiger partial charge in [-0.3, -0.25) is 10.1 Å². The third-order valence-electron chi connectivity index (χ3n) is 2.70. The highest BCUT2D eigenvalue weighted by Crippen LogP contribution is 2.31. The molecule has 0 saturated carbocycles. The smallest absolute Gasteiger partial charge is 0.390 e. The molecular formula is C11H9F3N4O3. The van der Waals surface area contributed by atoms with Crippen molar-refractivity contribution in [3.05, 3.63) is 51.3 Å². The van der Waals surface area contributed by atoms with Gasteiger partial charge in [-0.1, -0.05) is 17.3 Å². The number of aliphatic hydroxyl groups is 1. The molecule has 1 aromatic carbocycles. The van der Waals surface area contributed by atoms with Crippen LogP contribution in [-0.2, 0) is 19.3 Å². The number of aromatic nitrogens is 3. The van der Waals surface area contributed by atoms with Gasteiger partial charge in [-0.2, -0.15) is 13.2 Å². The molecule has 0 radical (unpaired) electrons. The molecule has 7 nitrogen and oxygen atoms in total. The number of hydrogen-bond acceptors (Lipinski definition) is 5. The molecule has 0 spiro atoms. The zero-order valence-corrected chi connectivity index (χ0v) is 10.4. The standard InChI is InChI=1S/C11H9F3N4O3/c12-11(13,14)10-9(6-19)15-16-17(10)5-7-1-3-8(4-2-7)18(20)21/h1-4,19H,5-6H2. The topological polar surface area (TPSA) is 94.1 Å². The van der Waals surface area contributed by atoms with Gasteiger partial charge in [0.25, 0.3) is 5.69 Å². The Hall–Kier alpha value is -2.49. The third-order valence-corrected chi connectivity index (χ3v) is 2.70. The molecule has 2 rings (SSSR count). The maximum absolute atomic E-state index is 12.9. The Kier molecular flexibility index (Phi) is 3.89. The Balaban J connectivity index is 2.31. The number of aliphatic hydroxyl groups excluding tert-OH is 1. The summed E-state index contributed by atoms with van der Waals surface area (Å²) in [5.41, 5.74) is -1.47. The van der Waals surface area contributed by atoms with Crippen molar-refractivity contribution in [3.63, 3.8) is 0 Å². The average Bonchev–Trinajstić information content (AvgIpc) is 2.82. The summed E-state index contributed by atoms with van der Waals surface area (Å²) in [4.78, 5) is 9.89. The number of nitrogens with zero attached hydrogens (tertiary/aromatic N) is 4. The normalized spacial score (nSPS) is 11.6. The van der Waals surface area contributed by atoms with Crippen molar-refractivity contribution < 1.29 is 23.2 Å². The van der Waals surface area contributed by atoms with Gasteiger partial charge in [0.1, 0.15) is 5.69 Å². The van der Waals surface area contributed by atoms with Crippen molar-refractivity contribution in [1.29, 1.82) is 0 Å². The second-order valence-corrected chi connectivity index (χ2v) is 4.12. The van der Waals surface area contributed by atoms with Gasteiger partial charge in [-0.15, -0.1) is 5.10 Å². The van der Waals surface area contributed by atoms with Gasteiger partial charge in [-0.25, -0.2) is 4.68 Å². The summed E-state index contributed by atoms with van der Waals surface area (Å²) in [5.74, 6) is 0. The SMILES string of the molecule is O=[N+]([O-])c1ccc(Cn2nnc(CO)c2C(F)(F)F)cc1. The van der Waals surface area contributed by atoms with Crippen molar-refractivity contribution in [2.24, 2.45) is 0 Å². The quantitative estimate of drug-likeness (QED) is 0.686. The zero-order valence-electron chi connectivity index (χ0n) is 10.4. The van der Waals surface area contributed by atoms with E-state index in [1.165, 1.54) is 24.3 Å². The highest BCUT2D eigenvalue weighted by Gasteiger charge is 2.39. The Bertz CT molecular complexity index is 652. The molecule has 0 unspecified atom stereocenters. The van der Waals surface area contributed by atoms with Crippen LogP contribution in [0.3, 0.4) is 0 Å². The van der Waals surface area contributed by atoms with E-state index >= 15 is 0 Å². The van der Waals surface area contributed by atoms with E-state index in [1.807, 2.05) is 0 Å². The fourth-order valence-corrected chi connectivity index (χ4v) is 1.77. The zero-order chi connectivity index (χ0) is 15.6. The molecule has 0 aliphatic heterocycles. The average molecular weight is 302 g/mol. The van der Waals surface area contributed by atoms with Crippen LogP contribution in [0, 0.1) is 10.1 Å². The summed E-state index contributed by atoms with van der Waals surface area (Å²) in [6.45, 7) is -1.14. The molecular weight excluding hydrogens is 293 g/mol. The Morgan fingerprint density at radius 1 is 1.29 bits per heavy atom. The Morgan fingerprint density at radius 3 is 2.38 bits per heavy atom. The fourth-order valence-electron chi connectivity index (χ4n) is 1.77. The third kappa shape index (κ3) is 3.16. The Labute approximate surface area is 115 Å². The summed E-state index contributed by atoms with van der Waals surface area (Å²) in [6.07, 6.45) is -4.71. The highest BCUT2D eigenvalue weighted by molar-refractivity contribution is 5.33. The minimum absolute atomic E-state index is 0.163. The maximum atomic E-state index is 12.9. The maximum Gasteiger partial charge on any atom is 0.435 e. The highest BCUT2D eigenvalue weighted by atomic mass is 19.4. The van der Waals surface area contributed by atoms with Gasteiger partial charge < -0.3 is 5.11 Å². The molecule has 0 fully saturated rings. The molecule has 1 aromatic heterocycles. The first-order chi connectivity index (χ1) is 9.82. The van der Waals surface area contributed by atoms with Crippen LogP contribution >= 0.6 is 0 Å². The van der Waals surface area contributed by atoms with Crippen molar-refractivity contribution in [3.8, 4) is 0 Å². The van der Waals surface area contributed by atoms with E-state index in [0.29, 0.717) is 10.2 Å². The van der Waals surface area contributed by atoms with Gasteiger partial charge >= 0.3 is 6.18 Å². The number of halogens is 3. The largest absolute Gasteiger partial charge is 0.435 e. The molecule has 2 aromatic rings. The predicted molar refractivity (Wildman–Crippen MR) is 63.1 cm³/mol. The van der Waals surface area contributed by atoms with Crippen LogP contribution in [0.15, 0.2) is 24.3 Å². The van der Waals surface area contributed by atoms with E-state index in [-0.39, 0.29) is 12.2 Å². The van der Waals surface area contributed by atoms with Gasteiger partial charge in [-0.05, 0) is 5.56 Å². The second-order valence-electron chi connectivity index (χ2n) is 4.12. The summed E-state index contributed by atoms with van der Waals surface area (Å²) in [5, 5.41) is 26.0. The number of benzene rings is 1. The van der Waals surface area contributed by atoms with Crippen molar-refractivity contribution in [2.75, 3.05) is 0 Å². The van der Waals surface area contributed by atoms with Crippen molar-refractivity contribution in [1.82, 2.24) is 15.0 Å². The molecule has 1 N–H and O–H groups in total. The second kappa shape index (κ2) is 5.48. The first-order valence-electron chi connectivity index (χ1n) is 5.66. The lowest BCUT2D eigenvalue weighted by Crippen LogP contribution is -2.17. The van der Waals surface area contributed by atoms with E-state index in [0.717, 1.165) is 0 Å². The lowest BCUT2D eigenvalue weighted by Gasteiger charge is -2.10. The van der Waals surface area contributed by atoms with Gasteiger partial charge in [0.2, 0.25) is 0 Å². The van der Waals surface area contributed by atoms with Gasteiger partial charge in [0.05, 0.1) is 18.1 Å². The molecule has 0 saturated heterocycles. The van der Waals surface area contributed by atoms with Crippen LogP contribution in [0.1, 0.15) is 17.0 Å². The molecule has 1 heterocycles. The van der Waals surface area contributed by atoms with Gasteiger partial charge in [0, 0.05) is 12.1 Å². The minimum atomic E-state index is -4.71. The molecule has 10 heteroatoms. The number of hydrogen-bond donors (Lipinski definition) is 1. The van der Waals surface area contributed by atoms with Crippen LogP contribution in [0.2, 0.25) is 0 Å². The molecule has 112 valence electrons.